The van der Waals surface area contributed by atoms with Crippen LogP contribution in [-0.2, 0) is 11.2 Å². The highest BCUT2D eigenvalue weighted by Crippen LogP contribution is 2.24. The van der Waals surface area contributed by atoms with Crippen LogP contribution in [-0.4, -0.2) is 21.0 Å². The van der Waals surface area contributed by atoms with Gasteiger partial charge in [0.05, 0.1) is 0 Å². The van der Waals surface area contributed by atoms with Crippen molar-refractivity contribution >= 4 is 22.9 Å². The van der Waals surface area contributed by atoms with Crippen molar-refractivity contribution in [1.82, 2.24) is 15.1 Å². The van der Waals surface area contributed by atoms with Crippen LogP contribution in [0.25, 0.3) is 10.6 Å². The minimum absolute atomic E-state index is 0.0301. The zero-order chi connectivity index (χ0) is 16.1. The maximum Gasteiger partial charge on any atom is 0.226 e. The number of anilines is 1. The number of benzene rings is 1. The van der Waals surface area contributed by atoms with Crippen molar-refractivity contribution in [2.75, 3.05) is 5.32 Å². The van der Waals surface area contributed by atoms with Gasteiger partial charge in [0.1, 0.15) is 5.01 Å². The molecule has 1 N–H and O–H groups in total. The molecule has 0 aliphatic rings. The van der Waals surface area contributed by atoms with Crippen LogP contribution in [0.15, 0.2) is 40.4 Å². The Balaban J connectivity index is 1.52. The molecule has 0 bridgehead atoms. The first-order chi connectivity index (χ1) is 11.2. The number of rotatable bonds is 6. The van der Waals surface area contributed by atoms with Crippen molar-refractivity contribution in [2.45, 2.75) is 26.2 Å². The number of thiazole rings is 1. The van der Waals surface area contributed by atoms with E-state index in [4.69, 9.17) is 4.52 Å². The first-order valence-corrected chi connectivity index (χ1v) is 8.17. The molecule has 2 heterocycles. The molecule has 1 aromatic carbocycles. The van der Waals surface area contributed by atoms with Gasteiger partial charge in [0, 0.05) is 35.7 Å². The van der Waals surface area contributed by atoms with Crippen molar-refractivity contribution in [1.29, 1.82) is 0 Å². The van der Waals surface area contributed by atoms with Gasteiger partial charge in [0.2, 0.25) is 11.8 Å². The first kappa shape index (κ1) is 15.4. The predicted octanol–water partition coefficient (Wildman–Crippen LogP) is 3.46. The molecule has 0 spiro atoms. The lowest BCUT2D eigenvalue weighted by molar-refractivity contribution is -0.116. The molecule has 7 heteroatoms. The number of amides is 1. The Morgan fingerprint density at radius 1 is 1.39 bits per heavy atom. The van der Waals surface area contributed by atoms with Crippen molar-refractivity contribution in [2.24, 2.45) is 0 Å². The molecule has 0 aliphatic carbocycles. The molecular formula is C16H16N4O2S. The van der Waals surface area contributed by atoms with Gasteiger partial charge < -0.3 is 9.84 Å². The maximum absolute atomic E-state index is 12.0. The second-order valence-electron chi connectivity index (χ2n) is 5.06. The number of nitrogens with one attached hydrogen (secondary N) is 1. The predicted molar refractivity (Wildman–Crippen MR) is 88.2 cm³/mol. The fourth-order valence-corrected chi connectivity index (χ4v) is 2.80. The van der Waals surface area contributed by atoms with Gasteiger partial charge in [-0.25, -0.2) is 4.98 Å². The molecule has 0 atom stereocenters. The van der Waals surface area contributed by atoms with E-state index in [1.165, 1.54) is 0 Å². The van der Waals surface area contributed by atoms with E-state index in [1.54, 1.807) is 24.5 Å². The van der Waals surface area contributed by atoms with E-state index in [0.29, 0.717) is 31.0 Å². The summed E-state index contributed by atoms with van der Waals surface area (Å²) >= 11 is 1.57. The minimum atomic E-state index is -0.0301. The van der Waals surface area contributed by atoms with Crippen LogP contribution in [0.5, 0.6) is 0 Å². The monoisotopic (exact) mass is 328 g/mol. The molecule has 6 nitrogen and oxygen atoms in total. The Kier molecular flexibility index (Phi) is 4.77. The van der Waals surface area contributed by atoms with Crippen LogP contribution >= 0.6 is 11.3 Å². The number of aryl methyl sites for hydroxylation is 2. The van der Waals surface area contributed by atoms with Gasteiger partial charge in [0.15, 0.2) is 5.82 Å². The Labute approximate surface area is 137 Å². The van der Waals surface area contributed by atoms with Crippen molar-refractivity contribution in [3.8, 4) is 10.6 Å². The number of hydrogen-bond donors (Lipinski definition) is 1. The lowest BCUT2D eigenvalue weighted by Crippen LogP contribution is -2.11. The average molecular weight is 328 g/mol. The highest BCUT2D eigenvalue weighted by atomic mass is 32.1. The summed E-state index contributed by atoms with van der Waals surface area (Å²) in [5.41, 5.74) is 1.77. The quantitative estimate of drug-likeness (QED) is 0.749. The average Bonchev–Trinajstić information content (AvgIpc) is 3.19. The molecule has 118 valence electrons. The zero-order valence-electron chi connectivity index (χ0n) is 12.7. The van der Waals surface area contributed by atoms with Crippen LogP contribution in [0.2, 0.25) is 0 Å². The Bertz CT molecular complexity index is 783. The van der Waals surface area contributed by atoms with E-state index >= 15 is 0 Å². The maximum atomic E-state index is 12.0. The third-order valence-corrected chi connectivity index (χ3v) is 4.01. The number of hydrogen-bond acceptors (Lipinski definition) is 6. The summed E-state index contributed by atoms with van der Waals surface area (Å²) in [7, 11) is 0. The van der Waals surface area contributed by atoms with Gasteiger partial charge in [-0.2, -0.15) is 4.98 Å². The van der Waals surface area contributed by atoms with E-state index in [2.05, 4.69) is 20.4 Å². The summed E-state index contributed by atoms with van der Waals surface area (Å²) in [6, 6.07) is 7.69. The lowest BCUT2D eigenvalue weighted by Gasteiger charge is -2.06. The first-order valence-electron chi connectivity index (χ1n) is 7.30. The van der Waals surface area contributed by atoms with Crippen LogP contribution in [0, 0.1) is 6.92 Å². The molecule has 0 saturated heterocycles. The number of carbonyl (C=O) groups excluding carboxylic acids is 1. The molecular weight excluding hydrogens is 312 g/mol. The highest BCUT2D eigenvalue weighted by molar-refractivity contribution is 7.13. The second-order valence-corrected chi connectivity index (χ2v) is 5.95. The Morgan fingerprint density at radius 3 is 3.04 bits per heavy atom. The van der Waals surface area contributed by atoms with Gasteiger partial charge in [-0.1, -0.05) is 17.3 Å². The van der Waals surface area contributed by atoms with Crippen LogP contribution in [0.3, 0.4) is 0 Å². The SMILES string of the molecule is Cc1noc(CCCC(=O)Nc2cccc(-c3nccs3)c2)n1. The molecule has 3 rings (SSSR count). The second kappa shape index (κ2) is 7.15. The van der Waals surface area contributed by atoms with Gasteiger partial charge in [-0.05, 0) is 25.5 Å². The highest BCUT2D eigenvalue weighted by Gasteiger charge is 2.07. The van der Waals surface area contributed by atoms with Crippen LogP contribution in [0.4, 0.5) is 5.69 Å². The van der Waals surface area contributed by atoms with Crippen LogP contribution in [0.1, 0.15) is 24.6 Å². The van der Waals surface area contributed by atoms with Gasteiger partial charge in [-0.3, -0.25) is 4.79 Å². The number of aromatic nitrogens is 3. The Hall–Kier alpha value is -2.54. The molecule has 0 aliphatic heterocycles. The molecule has 23 heavy (non-hydrogen) atoms. The van der Waals surface area contributed by atoms with E-state index in [1.807, 2.05) is 29.6 Å². The summed E-state index contributed by atoms with van der Waals surface area (Å²) in [4.78, 5) is 20.4. The van der Waals surface area contributed by atoms with Crippen LogP contribution < -0.4 is 5.32 Å². The van der Waals surface area contributed by atoms with E-state index in [0.717, 1.165) is 16.3 Å². The molecule has 1 amide bonds. The summed E-state index contributed by atoms with van der Waals surface area (Å²) in [5, 5.41) is 9.50. The molecule has 0 saturated carbocycles. The summed E-state index contributed by atoms with van der Waals surface area (Å²) < 4.78 is 5.02. The lowest BCUT2D eigenvalue weighted by atomic mass is 10.2. The largest absolute Gasteiger partial charge is 0.339 e. The van der Waals surface area contributed by atoms with Crippen molar-refractivity contribution in [3.05, 3.63) is 47.6 Å². The fraction of sp³-hybridized carbons (Fsp3) is 0.250. The van der Waals surface area contributed by atoms with E-state index in [9.17, 15) is 4.79 Å². The van der Waals surface area contributed by atoms with Gasteiger partial charge in [-0.15, -0.1) is 11.3 Å². The Morgan fingerprint density at radius 2 is 2.30 bits per heavy atom. The third-order valence-electron chi connectivity index (χ3n) is 3.19. The van der Waals surface area contributed by atoms with E-state index in [-0.39, 0.29) is 5.91 Å². The van der Waals surface area contributed by atoms with Crippen molar-refractivity contribution < 1.29 is 9.32 Å². The normalized spacial score (nSPS) is 10.7. The fourth-order valence-electron chi connectivity index (χ4n) is 2.16. The number of carbonyl (C=O) groups is 1. The zero-order valence-corrected chi connectivity index (χ0v) is 13.5. The minimum Gasteiger partial charge on any atom is -0.339 e. The standard InChI is InChI=1S/C16H16N4O2S/c1-11-18-15(22-20-11)7-3-6-14(21)19-13-5-2-4-12(10-13)16-17-8-9-23-16/h2,4-5,8-10H,3,6-7H2,1H3,(H,19,21). The molecule has 2 aromatic heterocycles. The topological polar surface area (TPSA) is 80.9 Å². The molecule has 3 aromatic rings. The summed E-state index contributed by atoms with van der Waals surface area (Å²) in [5.74, 6) is 1.15. The number of nitrogens with zero attached hydrogens (tertiary/aromatic N) is 3. The van der Waals surface area contributed by atoms with Gasteiger partial charge in [0.25, 0.3) is 0 Å². The van der Waals surface area contributed by atoms with E-state index < -0.39 is 0 Å². The third kappa shape index (κ3) is 4.23. The van der Waals surface area contributed by atoms with Crippen molar-refractivity contribution in [3.63, 3.8) is 0 Å². The summed E-state index contributed by atoms with van der Waals surface area (Å²) in [6.45, 7) is 1.77. The molecule has 0 fully saturated rings. The molecule has 0 unspecified atom stereocenters. The van der Waals surface area contributed by atoms with Gasteiger partial charge >= 0.3 is 0 Å². The molecule has 0 radical (unpaired) electrons. The summed E-state index contributed by atoms with van der Waals surface area (Å²) in [6.07, 6.45) is 3.44. The smallest absolute Gasteiger partial charge is 0.226 e.